The minimum absolute atomic E-state index is 0.109. The molecule has 0 saturated heterocycles. The number of aryl methyl sites for hydroxylation is 1. The van der Waals surface area contributed by atoms with E-state index in [1.807, 2.05) is 50.4 Å². The topological polar surface area (TPSA) is 76.4 Å². The van der Waals surface area contributed by atoms with Gasteiger partial charge in [0.1, 0.15) is 5.75 Å². The van der Waals surface area contributed by atoms with E-state index in [9.17, 15) is 4.79 Å². The summed E-state index contributed by atoms with van der Waals surface area (Å²) in [4.78, 5) is 12.6. The molecule has 26 heavy (non-hydrogen) atoms. The Balaban J connectivity index is 1.80. The molecule has 136 valence electrons. The number of carbonyl (C=O) groups is 1. The van der Waals surface area contributed by atoms with Gasteiger partial charge >= 0.3 is 0 Å². The Labute approximate surface area is 152 Å². The van der Waals surface area contributed by atoms with Crippen LogP contribution in [0.2, 0.25) is 0 Å². The summed E-state index contributed by atoms with van der Waals surface area (Å²) in [6, 6.07) is 11.3. The predicted octanol–water partition coefficient (Wildman–Crippen LogP) is 4.15. The predicted molar refractivity (Wildman–Crippen MR) is 103 cm³/mol. The van der Waals surface area contributed by atoms with Crippen molar-refractivity contribution >= 4 is 28.3 Å². The SMILES string of the molecule is CCCOc1cccc(CC(=O)Nc2c(NC)ccc3onc(C)c23)c1. The molecule has 0 bridgehead atoms. The van der Waals surface area contributed by atoms with Crippen molar-refractivity contribution in [2.24, 2.45) is 0 Å². The van der Waals surface area contributed by atoms with E-state index in [1.165, 1.54) is 0 Å². The first-order valence-electron chi connectivity index (χ1n) is 8.70. The molecular weight excluding hydrogens is 330 g/mol. The summed E-state index contributed by atoms with van der Waals surface area (Å²) in [7, 11) is 1.81. The molecule has 0 saturated carbocycles. The van der Waals surface area contributed by atoms with Gasteiger partial charge in [-0.15, -0.1) is 0 Å². The first kappa shape index (κ1) is 17.8. The van der Waals surface area contributed by atoms with Gasteiger partial charge in [-0.2, -0.15) is 0 Å². The maximum atomic E-state index is 12.6. The van der Waals surface area contributed by atoms with Crippen LogP contribution in [0.15, 0.2) is 40.9 Å². The lowest BCUT2D eigenvalue weighted by atomic mass is 10.1. The monoisotopic (exact) mass is 353 g/mol. The number of nitrogens with one attached hydrogen (secondary N) is 2. The molecule has 1 amide bonds. The van der Waals surface area contributed by atoms with Gasteiger partial charge in [0.2, 0.25) is 5.91 Å². The highest BCUT2D eigenvalue weighted by atomic mass is 16.5. The van der Waals surface area contributed by atoms with E-state index in [0.29, 0.717) is 17.9 Å². The largest absolute Gasteiger partial charge is 0.494 e. The third-order valence-corrected chi connectivity index (χ3v) is 4.08. The third kappa shape index (κ3) is 3.79. The number of amides is 1. The first-order valence-corrected chi connectivity index (χ1v) is 8.70. The molecule has 0 unspecified atom stereocenters. The van der Waals surface area contributed by atoms with E-state index < -0.39 is 0 Å². The number of fused-ring (bicyclic) bond motifs is 1. The Kier molecular flexibility index (Phi) is 5.41. The van der Waals surface area contributed by atoms with Crippen LogP contribution in [0.4, 0.5) is 11.4 Å². The minimum atomic E-state index is -0.109. The molecule has 0 atom stereocenters. The van der Waals surface area contributed by atoms with E-state index in [2.05, 4.69) is 22.7 Å². The van der Waals surface area contributed by atoms with Crippen molar-refractivity contribution in [3.63, 3.8) is 0 Å². The fraction of sp³-hybridized carbons (Fsp3) is 0.300. The van der Waals surface area contributed by atoms with Crippen LogP contribution in [0.5, 0.6) is 5.75 Å². The zero-order valence-electron chi connectivity index (χ0n) is 15.3. The van der Waals surface area contributed by atoms with Crippen molar-refractivity contribution < 1.29 is 14.1 Å². The lowest BCUT2D eigenvalue weighted by Gasteiger charge is -2.12. The van der Waals surface area contributed by atoms with Crippen LogP contribution >= 0.6 is 0 Å². The fourth-order valence-electron chi connectivity index (χ4n) is 2.85. The van der Waals surface area contributed by atoms with Gasteiger partial charge in [0, 0.05) is 7.05 Å². The zero-order valence-corrected chi connectivity index (χ0v) is 15.3. The zero-order chi connectivity index (χ0) is 18.5. The van der Waals surface area contributed by atoms with Gasteiger partial charge in [0.25, 0.3) is 0 Å². The van der Waals surface area contributed by atoms with Crippen molar-refractivity contribution in [1.29, 1.82) is 0 Å². The average Bonchev–Trinajstić information content (AvgIpc) is 3.02. The van der Waals surface area contributed by atoms with Crippen LogP contribution < -0.4 is 15.4 Å². The Morgan fingerprint density at radius 2 is 2.12 bits per heavy atom. The summed E-state index contributed by atoms with van der Waals surface area (Å²) in [5.41, 5.74) is 3.79. The molecule has 0 aliphatic heterocycles. The van der Waals surface area contributed by atoms with Gasteiger partial charge in [-0.1, -0.05) is 24.2 Å². The van der Waals surface area contributed by atoms with Crippen molar-refractivity contribution in [1.82, 2.24) is 5.16 Å². The molecule has 0 radical (unpaired) electrons. The molecule has 2 N–H and O–H groups in total. The smallest absolute Gasteiger partial charge is 0.228 e. The van der Waals surface area contributed by atoms with E-state index in [4.69, 9.17) is 9.26 Å². The third-order valence-electron chi connectivity index (χ3n) is 4.08. The normalized spacial score (nSPS) is 10.7. The summed E-state index contributed by atoms with van der Waals surface area (Å²) >= 11 is 0. The highest BCUT2D eigenvalue weighted by Crippen LogP contribution is 2.33. The molecule has 1 heterocycles. The number of aromatic nitrogens is 1. The molecule has 1 aromatic heterocycles. The second-order valence-electron chi connectivity index (χ2n) is 6.10. The van der Waals surface area contributed by atoms with Crippen molar-refractivity contribution in [3.05, 3.63) is 47.7 Å². The highest BCUT2D eigenvalue weighted by molar-refractivity contribution is 6.07. The number of nitrogens with zero attached hydrogens (tertiary/aromatic N) is 1. The van der Waals surface area contributed by atoms with Crippen molar-refractivity contribution in [2.45, 2.75) is 26.7 Å². The Morgan fingerprint density at radius 1 is 1.27 bits per heavy atom. The summed E-state index contributed by atoms with van der Waals surface area (Å²) < 4.78 is 10.9. The van der Waals surface area contributed by atoms with Gasteiger partial charge in [-0.05, 0) is 43.2 Å². The summed E-state index contributed by atoms with van der Waals surface area (Å²) in [6.45, 7) is 4.58. The standard InChI is InChI=1S/C20H23N3O3/c1-4-10-25-15-7-5-6-14(11-15)12-18(24)22-20-16(21-3)8-9-17-19(20)13(2)23-26-17/h5-9,11,21H,4,10,12H2,1-3H3,(H,22,24). The van der Waals surface area contributed by atoms with E-state index in [1.54, 1.807) is 0 Å². The van der Waals surface area contributed by atoms with E-state index in [-0.39, 0.29) is 12.3 Å². The molecule has 0 spiro atoms. The van der Waals surface area contributed by atoms with Crippen LogP contribution in [0.25, 0.3) is 11.0 Å². The first-order chi connectivity index (χ1) is 12.6. The van der Waals surface area contributed by atoms with Crippen LogP contribution in [0.3, 0.4) is 0 Å². The van der Waals surface area contributed by atoms with Crippen molar-refractivity contribution in [2.75, 3.05) is 24.3 Å². The lowest BCUT2D eigenvalue weighted by molar-refractivity contribution is -0.115. The number of ether oxygens (including phenoxy) is 1. The maximum Gasteiger partial charge on any atom is 0.228 e. The van der Waals surface area contributed by atoms with E-state index >= 15 is 0 Å². The second kappa shape index (κ2) is 7.91. The van der Waals surface area contributed by atoms with Crippen LogP contribution in [-0.2, 0) is 11.2 Å². The summed E-state index contributed by atoms with van der Waals surface area (Å²) in [5.74, 6) is 0.673. The van der Waals surface area contributed by atoms with Gasteiger partial charge in [-0.3, -0.25) is 4.79 Å². The lowest BCUT2D eigenvalue weighted by Crippen LogP contribution is -2.16. The van der Waals surface area contributed by atoms with Gasteiger partial charge in [0.05, 0.1) is 35.5 Å². The molecular formula is C20H23N3O3. The number of rotatable bonds is 7. The number of anilines is 2. The van der Waals surface area contributed by atoms with Gasteiger partial charge in [0.15, 0.2) is 5.58 Å². The maximum absolute atomic E-state index is 12.6. The second-order valence-corrected chi connectivity index (χ2v) is 6.10. The molecule has 0 fully saturated rings. The summed E-state index contributed by atoms with van der Waals surface area (Å²) in [6.07, 6.45) is 1.20. The minimum Gasteiger partial charge on any atom is -0.494 e. The highest BCUT2D eigenvalue weighted by Gasteiger charge is 2.16. The van der Waals surface area contributed by atoms with E-state index in [0.717, 1.165) is 34.5 Å². The van der Waals surface area contributed by atoms with Crippen molar-refractivity contribution in [3.8, 4) is 5.75 Å². The molecule has 3 aromatic rings. The molecule has 0 aliphatic rings. The molecule has 6 nitrogen and oxygen atoms in total. The van der Waals surface area contributed by atoms with Crippen LogP contribution in [0.1, 0.15) is 24.6 Å². The molecule has 2 aromatic carbocycles. The molecule has 0 aliphatic carbocycles. The molecule has 6 heteroatoms. The quantitative estimate of drug-likeness (QED) is 0.667. The van der Waals surface area contributed by atoms with Gasteiger partial charge in [-0.25, -0.2) is 0 Å². The van der Waals surface area contributed by atoms with Gasteiger partial charge < -0.3 is 19.9 Å². The Bertz CT molecular complexity index is 918. The average molecular weight is 353 g/mol. The Hall–Kier alpha value is -3.02. The summed E-state index contributed by atoms with van der Waals surface area (Å²) in [5, 5.41) is 10.9. The number of hydrogen-bond acceptors (Lipinski definition) is 5. The Morgan fingerprint density at radius 3 is 2.88 bits per heavy atom. The number of carbonyl (C=O) groups excluding carboxylic acids is 1. The fourth-order valence-corrected chi connectivity index (χ4v) is 2.85. The van der Waals surface area contributed by atoms with Crippen LogP contribution in [0, 0.1) is 6.92 Å². The van der Waals surface area contributed by atoms with Crippen LogP contribution in [-0.4, -0.2) is 24.7 Å². The molecule has 3 rings (SSSR count). The number of benzene rings is 2. The number of hydrogen-bond donors (Lipinski definition) is 2.